The predicted octanol–water partition coefficient (Wildman–Crippen LogP) is 1.50. The summed E-state index contributed by atoms with van der Waals surface area (Å²) in [5, 5.41) is 22.3. The fourth-order valence-electron chi connectivity index (χ4n) is 1.90. The fourth-order valence-corrected chi connectivity index (χ4v) is 2.92. The summed E-state index contributed by atoms with van der Waals surface area (Å²) in [6, 6.07) is 0. The zero-order chi connectivity index (χ0) is 12.2. The fraction of sp³-hybridized carbons (Fsp3) is 0.600. The van der Waals surface area contributed by atoms with Crippen LogP contribution in [0.25, 0.3) is 4.96 Å². The molecule has 2 heterocycles. The highest BCUT2D eigenvalue weighted by molar-refractivity contribution is 7.16. The Morgan fingerprint density at radius 2 is 2.29 bits per heavy atom. The molecule has 2 aromatic rings. The first-order valence-electron chi connectivity index (χ1n) is 5.52. The van der Waals surface area contributed by atoms with Crippen LogP contribution in [-0.2, 0) is 4.79 Å². The second-order valence-electron chi connectivity index (χ2n) is 4.63. The standard InChI is InChI=1S/C10H12N4O2S/c1-4(2)7-11-12-10-14(7)13-8(17-10)5-3-6(5)9(15)16/h4-6H,3H2,1-2H3,(H,15,16). The minimum atomic E-state index is -0.731. The molecule has 0 bridgehead atoms. The maximum absolute atomic E-state index is 10.8. The molecule has 0 radical (unpaired) electrons. The number of rotatable bonds is 3. The molecule has 90 valence electrons. The molecule has 6 nitrogen and oxygen atoms in total. The highest BCUT2D eigenvalue weighted by atomic mass is 32.1. The molecule has 0 aliphatic heterocycles. The second kappa shape index (κ2) is 3.49. The van der Waals surface area contributed by atoms with Gasteiger partial charge >= 0.3 is 5.97 Å². The van der Waals surface area contributed by atoms with Gasteiger partial charge in [-0.2, -0.15) is 9.61 Å². The van der Waals surface area contributed by atoms with Crippen molar-refractivity contribution in [1.82, 2.24) is 19.8 Å². The maximum atomic E-state index is 10.8. The predicted molar refractivity (Wildman–Crippen MR) is 61.2 cm³/mol. The van der Waals surface area contributed by atoms with Crippen LogP contribution in [-0.4, -0.2) is 30.9 Å². The van der Waals surface area contributed by atoms with Gasteiger partial charge in [0, 0.05) is 11.8 Å². The summed E-state index contributed by atoms with van der Waals surface area (Å²) in [5.74, 6) is 0.162. The summed E-state index contributed by atoms with van der Waals surface area (Å²) in [6.07, 6.45) is 0.691. The van der Waals surface area contributed by atoms with Gasteiger partial charge in [-0.15, -0.1) is 10.2 Å². The third-order valence-electron chi connectivity index (χ3n) is 2.97. The molecule has 7 heteroatoms. The number of hydrogen-bond acceptors (Lipinski definition) is 5. The van der Waals surface area contributed by atoms with E-state index >= 15 is 0 Å². The van der Waals surface area contributed by atoms with Gasteiger partial charge in [0.05, 0.1) is 5.92 Å². The third kappa shape index (κ3) is 1.61. The van der Waals surface area contributed by atoms with E-state index in [9.17, 15) is 4.79 Å². The molecule has 0 amide bonds. The molecule has 0 saturated heterocycles. The molecular formula is C10H12N4O2S. The monoisotopic (exact) mass is 252 g/mol. The molecule has 1 N–H and O–H groups in total. The highest BCUT2D eigenvalue weighted by Gasteiger charge is 2.46. The number of carboxylic acid groups (broad SMARTS) is 1. The van der Waals surface area contributed by atoms with E-state index in [0.29, 0.717) is 6.42 Å². The molecule has 2 atom stereocenters. The first kappa shape index (κ1) is 10.6. The Hall–Kier alpha value is -1.50. The summed E-state index contributed by atoms with van der Waals surface area (Å²) >= 11 is 1.44. The van der Waals surface area contributed by atoms with Crippen molar-refractivity contribution in [3.8, 4) is 0 Å². The minimum Gasteiger partial charge on any atom is -0.481 e. The number of carbonyl (C=O) groups is 1. The average molecular weight is 252 g/mol. The van der Waals surface area contributed by atoms with E-state index in [1.54, 1.807) is 4.52 Å². The smallest absolute Gasteiger partial charge is 0.307 e. The number of aromatic nitrogens is 4. The van der Waals surface area contributed by atoms with E-state index in [4.69, 9.17) is 5.11 Å². The van der Waals surface area contributed by atoms with Gasteiger partial charge < -0.3 is 5.11 Å². The van der Waals surface area contributed by atoms with Crippen molar-refractivity contribution in [2.24, 2.45) is 5.92 Å². The molecule has 0 aromatic carbocycles. The maximum Gasteiger partial charge on any atom is 0.307 e. The van der Waals surface area contributed by atoms with Crippen molar-refractivity contribution < 1.29 is 9.90 Å². The Morgan fingerprint density at radius 1 is 1.53 bits per heavy atom. The van der Waals surface area contributed by atoms with Gasteiger partial charge in [0.1, 0.15) is 5.01 Å². The number of carboxylic acids is 1. The van der Waals surface area contributed by atoms with Crippen LogP contribution in [0.15, 0.2) is 0 Å². The van der Waals surface area contributed by atoms with E-state index in [2.05, 4.69) is 15.3 Å². The molecule has 1 saturated carbocycles. The van der Waals surface area contributed by atoms with Crippen LogP contribution in [0.4, 0.5) is 0 Å². The summed E-state index contributed by atoms with van der Waals surface area (Å²) < 4.78 is 1.74. The number of aliphatic carboxylic acids is 1. The quantitative estimate of drug-likeness (QED) is 0.895. The molecule has 2 unspecified atom stereocenters. The van der Waals surface area contributed by atoms with Crippen LogP contribution >= 0.6 is 11.3 Å². The van der Waals surface area contributed by atoms with Gasteiger partial charge in [-0.3, -0.25) is 4.79 Å². The second-order valence-corrected chi connectivity index (χ2v) is 5.62. The van der Waals surface area contributed by atoms with Gasteiger partial charge in [0.15, 0.2) is 5.82 Å². The lowest BCUT2D eigenvalue weighted by Crippen LogP contribution is -2.01. The van der Waals surface area contributed by atoms with Crippen molar-refractivity contribution in [2.45, 2.75) is 32.1 Å². The van der Waals surface area contributed by atoms with Gasteiger partial charge in [-0.1, -0.05) is 25.2 Å². The van der Waals surface area contributed by atoms with Crippen LogP contribution in [0, 0.1) is 5.92 Å². The number of nitrogens with zero attached hydrogens (tertiary/aromatic N) is 4. The summed E-state index contributed by atoms with van der Waals surface area (Å²) in [4.78, 5) is 11.6. The van der Waals surface area contributed by atoms with E-state index in [1.165, 1.54) is 11.3 Å². The molecule has 3 rings (SSSR count). The first-order chi connectivity index (χ1) is 8.08. The van der Waals surface area contributed by atoms with Crippen LogP contribution in [0.1, 0.15) is 42.9 Å². The van der Waals surface area contributed by atoms with Crippen LogP contribution in [0.5, 0.6) is 0 Å². The van der Waals surface area contributed by atoms with Crippen molar-refractivity contribution >= 4 is 22.3 Å². The Kier molecular flexibility index (Phi) is 2.19. The van der Waals surface area contributed by atoms with E-state index < -0.39 is 5.97 Å². The SMILES string of the molecule is CC(C)c1nnc2sc(C3CC3C(=O)O)nn12. The molecule has 2 aromatic heterocycles. The molecule has 1 aliphatic carbocycles. The molecule has 0 spiro atoms. The van der Waals surface area contributed by atoms with E-state index in [-0.39, 0.29) is 17.8 Å². The Labute approximate surface area is 101 Å². The summed E-state index contributed by atoms with van der Waals surface area (Å²) in [6.45, 7) is 4.07. The van der Waals surface area contributed by atoms with Gasteiger partial charge in [0.2, 0.25) is 4.96 Å². The molecule has 17 heavy (non-hydrogen) atoms. The van der Waals surface area contributed by atoms with E-state index in [0.717, 1.165) is 15.8 Å². The van der Waals surface area contributed by atoms with Crippen molar-refractivity contribution in [3.63, 3.8) is 0 Å². The van der Waals surface area contributed by atoms with Crippen LogP contribution in [0.3, 0.4) is 0 Å². The normalized spacial score (nSPS) is 23.5. The topological polar surface area (TPSA) is 80.4 Å². The van der Waals surface area contributed by atoms with E-state index in [1.807, 2.05) is 13.8 Å². The Balaban J connectivity index is 1.96. The highest BCUT2D eigenvalue weighted by Crippen LogP contribution is 2.48. The third-order valence-corrected chi connectivity index (χ3v) is 4.00. The van der Waals surface area contributed by atoms with Crippen molar-refractivity contribution in [1.29, 1.82) is 0 Å². The largest absolute Gasteiger partial charge is 0.481 e. The van der Waals surface area contributed by atoms with Gasteiger partial charge in [-0.25, -0.2) is 0 Å². The van der Waals surface area contributed by atoms with Gasteiger partial charge in [0.25, 0.3) is 0 Å². The zero-order valence-corrected chi connectivity index (χ0v) is 10.3. The number of hydrogen-bond donors (Lipinski definition) is 1. The van der Waals surface area contributed by atoms with Crippen LogP contribution in [0.2, 0.25) is 0 Å². The van der Waals surface area contributed by atoms with Crippen LogP contribution < -0.4 is 0 Å². The lowest BCUT2D eigenvalue weighted by atomic mass is 10.2. The van der Waals surface area contributed by atoms with Crippen molar-refractivity contribution in [3.05, 3.63) is 10.8 Å². The Bertz CT molecular complexity index is 588. The lowest BCUT2D eigenvalue weighted by Gasteiger charge is -1.97. The van der Waals surface area contributed by atoms with Crippen molar-refractivity contribution in [2.75, 3.05) is 0 Å². The zero-order valence-electron chi connectivity index (χ0n) is 9.49. The molecule has 1 fully saturated rings. The summed E-state index contributed by atoms with van der Waals surface area (Å²) in [5.41, 5.74) is 0. The minimum absolute atomic E-state index is 0.0687. The lowest BCUT2D eigenvalue weighted by molar-refractivity contribution is -0.138. The molecule has 1 aliphatic rings. The average Bonchev–Trinajstić information content (AvgIpc) is 2.79. The molecular weight excluding hydrogens is 240 g/mol. The van der Waals surface area contributed by atoms with Gasteiger partial charge in [-0.05, 0) is 6.42 Å². The summed E-state index contributed by atoms with van der Waals surface area (Å²) in [7, 11) is 0. The first-order valence-corrected chi connectivity index (χ1v) is 6.34. The number of fused-ring (bicyclic) bond motifs is 1. The Morgan fingerprint density at radius 3 is 2.88 bits per heavy atom.